The summed E-state index contributed by atoms with van der Waals surface area (Å²) in [4.78, 5) is 64.2. The molecule has 2 aromatic heterocycles. The zero-order valence-electron chi connectivity index (χ0n) is 41.5. The molecular formula is C54H71N7O6. The van der Waals surface area contributed by atoms with E-state index in [0.29, 0.717) is 38.9 Å². The summed E-state index contributed by atoms with van der Waals surface area (Å²) in [5.74, 6) is 4.07. The molecule has 67 heavy (non-hydrogen) atoms. The van der Waals surface area contributed by atoms with Gasteiger partial charge in [-0.2, -0.15) is 0 Å². The summed E-state index contributed by atoms with van der Waals surface area (Å²) < 4.78 is 14.8. The summed E-state index contributed by atoms with van der Waals surface area (Å²) in [5, 5.41) is 5.75. The number of likely N-dealkylation sites (tertiary alicyclic amines) is 1. The first-order valence-corrected chi connectivity index (χ1v) is 24.1. The van der Waals surface area contributed by atoms with Gasteiger partial charge < -0.3 is 24.3 Å². The van der Waals surface area contributed by atoms with Crippen molar-refractivity contribution in [2.24, 2.45) is 17.3 Å². The lowest BCUT2D eigenvalue weighted by atomic mass is 9.83. The van der Waals surface area contributed by atoms with E-state index in [9.17, 15) is 19.2 Å². The van der Waals surface area contributed by atoms with Crippen LogP contribution in [0.1, 0.15) is 97.9 Å². The van der Waals surface area contributed by atoms with E-state index < -0.39 is 34.9 Å². The molecule has 3 amide bonds. The first kappa shape index (κ1) is 49.4. The summed E-state index contributed by atoms with van der Waals surface area (Å²) >= 11 is 0. The number of carbonyl (C=O) groups is 4. The molecule has 2 saturated heterocycles. The number of rotatable bonds is 10. The van der Waals surface area contributed by atoms with Gasteiger partial charge in [-0.05, 0) is 118 Å². The topological polar surface area (TPSA) is 138 Å². The minimum Gasteiger partial charge on any atom is -0.464 e. The Kier molecular flexibility index (Phi) is 15.0. The molecule has 13 heteroatoms. The largest absolute Gasteiger partial charge is 0.464 e. The Morgan fingerprint density at radius 2 is 1.79 bits per heavy atom. The van der Waals surface area contributed by atoms with E-state index in [0.717, 1.165) is 51.1 Å². The summed E-state index contributed by atoms with van der Waals surface area (Å²) in [6.45, 7) is 20.9. The quantitative estimate of drug-likeness (QED) is 0.127. The summed E-state index contributed by atoms with van der Waals surface area (Å²) in [6, 6.07) is 17.3. The first-order valence-electron chi connectivity index (χ1n) is 24.1. The Hall–Kier alpha value is -5.55. The average molecular weight is 914 g/mol. The maximum atomic E-state index is 14.7. The maximum Gasteiger partial charge on any atom is 0.324 e. The molecule has 3 aliphatic rings. The second-order valence-corrected chi connectivity index (χ2v) is 20.8. The third-order valence-corrected chi connectivity index (χ3v) is 13.8. The molecule has 2 N–H and O–H groups in total. The number of cyclic esters (lactones) is 1. The van der Waals surface area contributed by atoms with E-state index >= 15 is 0 Å². The highest BCUT2D eigenvalue weighted by atomic mass is 16.5. The van der Waals surface area contributed by atoms with Crippen LogP contribution in [0.3, 0.4) is 0 Å². The number of carbonyl (C=O) groups excluding carboxylic acids is 4. The Morgan fingerprint density at radius 1 is 1.04 bits per heavy atom. The Bertz CT molecular complexity index is 2540. The van der Waals surface area contributed by atoms with Crippen LogP contribution in [0.25, 0.3) is 33.3 Å². The SMILES string of the molecule is CCn1c(-c2cccnc2C(C)C)c2c3cc(ccc31)-c1cccc(c1)C[C@H](NC(=O)[C@H](COC1CN(C(=O)C#CC(C)(C)N(C)C)C1)C(C)C)C(=O)N1CCC[C@H](N1)C(=O)OCC(C)(C)C2. The number of benzene rings is 2. The van der Waals surface area contributed by atoms with Gasteiger partial charge in [0.1, 0.15) is 12.1 Å². The number of ether oxygens (including phenoxy) is 2. The van der Waals surface area contributed by atoms with Crippen LogP contribution in [0.15, 0.2) is 60.8 Å². The van der Waals surface area contributed by atoms with Crippen LogP contribution in [0.4, 0.5) is 0 Å². The molecule has 0 saturated carbocycles. The molecule has 0 spiro atoms. The number of hydrazine groups is 1. The van der Waals surface area contributed by atoms with Crippen molar-refractivity contribution in [2.75, 3.05) is 46.9 Å². The van der Waals surface area contributed by atoms with Gasteiger partial charge in [-0.15, -0.1) is 0 Å². The highest BCUT2D eigenvalue weighted by Gasteiger charge is 2.38. The van der Waals surface area contributed by atoms with Gasteiger partial charge in [0.2, 0.25) is 5.91 Å². The molecule has 7 rings (SSSR count). The van der Waals surface area contributed by atoms with E-state index in [1.165, 1.54) is 10.6 Å². The third-order valence-electron chi connectivity index (χ3n) is 13.8. The predicted octanol–water partition coefficient (Wildman–Crippen LogP) is 7.01. The van der Waals surface area contributed by atoms with Crippen LogP contribution in [-0.4, -0.2) is 119 Å². The summed E-state index contributed by atoms with van der Waals surface area (Å²) in [7, 11) is 3.85. The molecule has 13 nitrogen and oxygen atoms in total. The minimum atomic E-state index is -0.948. The number of hydrogen-bond donors (Lipinski definition) is 2. The van der Waals surface area contributed by atoms with E-state index in [-0.39, 0.29) is 55.3 Å². The number of aromatic nitrogens is 2. The Labute approximate surface area is 397 Å². The number of fused-ring (bicyclic) bond motifs is 6. The van der Waals surface area contributed by atoms with E-state index in [1.807, 2.05) is 71.1 Å². The van der Waals surface area contributed by atoms with E-state index in [2.05, 4.69) is 98.2 Å². The Morgan fingerprint density at radius 3 is 2.49 bits per heavy atom. The van der Waals surface area contributed by atoms with Crippen LogP contribution < -0.4 is 10.7 Å². The lowest BCUT2D eigenvalue weighted by molar-refractivity contribution is -0.155. The zero-order chi connectivity index (χ0) is 48.4. The van der Waals surface area contributed by atoms with Gasteiger partial charge in [-0.25, -0.2) is 5.43 Å². The average Bonchev–Trinajstić information content (AvgIpc) is 3.58. The van der Waals surface area contributed by atoms with Crippen LogP contribution >= 0.6 is 0 Å². The lowest BCUT2D eigenvalue weighted by Gasteiger charge is -2.39. The van der Waals surface area contributed by atoms with Crippen molar-refractivity contribution < 1.29 is 28.7 Å². The lowest BCUT2D eigenvalue weighted by Crippen LogP contribution is -2.61. The number of nitrogens with one attached hydrogen (secondary N) is 2. The molecule has 4 aromatic rings. The fourth-order valence-corrected chi connectivity index (χ4v) is 9.21. The smallest absolute Gasteiger partial charge is 0.324 e. The first-order chi connectivity index (χ1) is 31.8. The van der Waals surface area contributed by atoms with E-state index in [1.54, 1.807) is 4.90 Å². The molecule has 358 valence electrons. The van der Waals surface area contributed by atoms with Crippen molar-refractivity contribution in [1.29, 1.82) is 0 Å². The molecule has 0 radical (unpaired) electrons. The normalized spacial score (nSPS) is 19.7. The highest BCUT2D eigenvalue weighted by Crippen LogP contribution is 2.42. The van der Waals surface area contributed by atoms with Crippen molar-refractivity contribution in [2.45, 2.75) is 124 Å². The highest BCUT2D eigenvalue weighted by molar-refractivity contribution is 5.96. The second kappa shape index (κ2) is 20.4. The van der Waals surface area contributed by atoms with Crippen molar-refractivity contribution in [3.8, 4) is 34.2 Å². The van der Waals surface area contributed by atoms with E-state index in [4.69, 9.17) is 14.5 Å². The van der Waals surface area contributed by atoms with Gasteiger partial charge in [0.05, 0.1) is 42.2 Å². The number of amides is 3. The van der Waals surface area contributed by atoms with Gasteiger partial charge in [0.15, 0.2) is 0 Å². The number of aryl methyl sites for hydroxylation is 1. The molecule has 3 aliphatic heterocycles. The Balaban J connectivity index is 1.19. The number of esters is 1. The van der Waals surface area contributed by atoms with Crippen molar-refractivity contribution in [3.05, 3.63) is 77.6 Å². The summed E-state index contributed by atoms with van der Waals surface area (Å²) in [6.07, 6.45) is 3.60. The molecular weight excluding hydrogens is 843 g/mol. The van der Waals surface area contributed by atoms with Gasteiger partial charge in [0.25, 0.3) is 11.8 Å². The molecule has 3 atom stereocenters. The van der Waals surface area contributed by atoms with Crippen molar-refractivity contribution in [3.63, 3.8) is 0 Å². The minimum absolute atomic E-state index is 0.107. The zero-order valence-corrected chi connectivity index (χ0v) is 41.5. The predicted molar refractivity (Wildman–Crippen MR) is 263 cm³/mol. The second-order valence-electron chi connectivity index (χ2n) is 20.8. The molecule has 5 heterocycles. The van der Waals surface area contributed by atoms with Crippen molar-refractivity contribution >= 4 is 34.6 Å². The molecule has 2 fully saturated rings. The number of nitrogens with zero attached hydrogens (tertiary/aromatic N) is 5. The monoisotopic (exact) mass is 914 g/mol. The van der Waals surface area contributed by atoms with Gasteiger partial charge in [0, 0.05) is 60.7 Å². The third kappa shape index (κ3) is 11.1. The number of pyridine rings is 1. The number of hydrogen-bond acceptors (Lipinski definition) is 9. The molecule has 0 aliphatic carbocycles. The van der Waals surface area contributed by atoms with Crippen LogP contribution in [0, 0.1) is 29.1 Å². The van der Waals surface area contributed by atoms with Crippen LogP contribution in [0.5, 0.6) is 0 Å². The molecule has 6 bridgehead atoms. The van der Waals surface area contributed by atoms with Gasteiger partial charge in [-0.3, -0.25) is 34.1 Å². The standard InChI is InChI=1S/C54H71N7O6/c1-12-60-46-21-20-38-28-41(46)42(49(60)40-18-14-24-55-48(40)35(4)5)29-53(6,7)33-67-52(65)44-19-15-25-61(57-44)51(64)45(27-36-16-13-17-37(38)26-36)56-50(63)43(34(2)3)32-66-39-30-59(31-39)47(62)22-23-54(8,9)58(10)11/h13-14,16-18,20-21,24,26,28,34-35,39,43-45,57H,12,15,19,25,27,29-33H2,1-11H3,(H,56,63)/t43-,44+,45+/m1/s1. The van der Waals surface area contributed by atoms with Crippen LogP contribution in [-0.2, 0) is 48.0 Å². The molecule has 0 unspecified atom stereocenters. The van der Waals surface area contributed by atoms with Crippen LogP contribution in [0.2, 0.25) is 0 Å². The van der Waals surface area contributed by atoms with Crippen molar-refractivity contribution in [1.82, 2.24) is 35.1 Å². The van der Waals surface area contributed by atoms with Gasteiger partial charge in [-0.1, -0.05) is 77.8 Å². The fourth-order valence-electron chi connectivity index (χ4n) is 9.21. The fraction of sp³-hybridized carbons (Fsp3) is 0.537. The molecule has 2 aromatic carbocycles. The van der Waals surface area contributed by atoms with Gasteiger partial charge >= 0.3 is 5.97 Å². The maximum absolute atomic E-state index is 14.7. The summed E-state index contributed by atoms with van der Waals surface area (Å²) in [5.41, 5.74) is 10.8.